The van der Waals surface area contributed by atoms with Gasteiger partial charge < -0.3 is 11.1 Å². The molecule has 0 bridgehead atoms. The zero-order valence-corrected chi connectivity index (χ0v) is 11.4. The van der Waals surface area contributed by atoms with Gasteiger partial charge in [0.1, 0.15) is 0 Å². The van der Waals surface area contributed by atoms with E-state index in [9.17, 15) is 4.79 Å². The van der Waals surface area contributed by atoms with Gasteiger partial charge in [0.2, 0.25) is 5.91 Å². The molecule has 0 radical (unpaired) electrons. The van der Waals surface area contributed by atoms with Crippen LogP contribution in [0.3, 0.4) is 0 Å². The Hall–Kier alpha value is -0.610. The largest absolute Gasteiger partial charge is 0.352 e. The van der Waals surface area contributed by atoms with Crippen LogP contribution in [0.5, 0.6) is 0 Å². The normalized spacial score (nSPS) is 26.4. The summed E-state index contributed by atoms with van der Waals surface area (Å²) in [6.07, 6.45) is 9.60. The standard InChI is InChI=1S/C14H27N3O/c15-9-8-13-7-3-4-10-17(13)11-14(18)16-12-5-1-2-6-12/h12-13H,1-11,15H2,(H,16,18). The maximum absolute atomic E-state index is 12.0. The summed E-state index contributed by atoms with van der Waals surface area (Å²) >= 11 is 0. The maximum atomic E-state index is 12.0. The molecule has 1 saturated carbocycles. The Morgan fingerprint density at radius 1 is 1.17 bits per heavy atom. The van der Waals surface area contributed by atoms with Crippen molar-refractivity contribution >= 4 is 5.91 Å². The van der Waals surface area contributed by atoms with Crippen LogP contribution in [0.2, 0.25) is 0 Å². The lowest BCUT2D eigenvalue weighted by atomic mass is 9.99. The lowest BCUT2D eigenvalue weighted by molar-refractivity contribution is -0.123. The van der Waals surface area contributed by atoms with Crippen LogP contribution in [0.4, 0.5) is 0 Å². The highest BCUT2D eigenvalue weighted by molar-refractivity contribution is 5.78. The Bertz CT molecular complexity index is 262. The molecule has 1 atom stereocenters. The Morgan fingerprint density at radius 3 is 2.61 bits per heavy atom. The molecule has 0 aromatic carbocycles. The van der Waals surface area contributed by atoms with Gasteiger partial charge >= 0.3 is 0 Å². The number of nitrogens with zero attached hydrogens (tertiary/aromatic N) is 1. The predicted octanol–water partition coefficient (Wildman–Crippen LogP) is 1.25. The van der Waals surface area contributed by atoms with Crippen molar-refractivity contribution in [1.82, 2.24) is 10.2 Å². The molecule has 0 aromatic heterocycles. The summed E-state index contributed by atoms with van der Waals surface area (Å²) in [7, 11) is 0. The van der Waals surface area contributed by atoms with Crippen molar-refractivity contribution in [1.29, 1.82) is 0 Å². The molecule has 2 aliphatic rings. The number of likely N-dealkylation sites (tertiary alicyclic amines) is 1. The highest BCUT2D eigenvalue weighted by atomic mass is 16.2. The van der Waals surface area contributed by atoms with Gasteiger partial charge in [-0.25, -0.2) is 0 Å². The molecular formula is C14H27N3O. The van der Waals surface area contributed by atoms with Crippen molar-refractivity contribution < 1.29 is 4.79 Å². The second kappa shape index (κ2) is 7.10. The Labute approximate surface area is 110 Å². The average Bonchev–Trinajstić information content (AvgIpc) is 2.84. The van der Waals surface area contributed by atoms with Gasteiger partial charge in [0.25, 0.3) is 0 Å². The molecule has 1 aliphatic carbocycles. The number of amides is 1. The molecule has 0 aromatic rings. The second-order valence-corrected chi connectivity index (χ2v) is 5.75. The number of carbonyl (C=O) groups is 1. The topological polar surface area (TPSA) is 58.4 Å². The molecule has 1 heterocycles. The Morgan fingerprint density at radius 2 is 1.89 bits per heavy atom. The van der Waals surface area contributed by atoms with Gasteiger partial charge in [-0.1, -0.05) is 19.3 Å². The number of nitrogens with one attached hydrogen (secondary N) is 1. The molecule has 104 valence electrons. The molecule has 4 nitrogen and oxygen atoms in total. The first-order valence-corrected chi connectivity index (χ1v) is 7.53. The van der Waals surface area contributed by atoms with Gasteiger partial charge in [0.15, 0.2) is 0 Å². The SMILES string of the molecule is NCCC1CCCCN1CC(=O)NC1CCCC1. The number of hydrogen-bond donors (Lipinski definition) is 2. The van der Waals surface area contributed by atoms with E-state index in [0.29, 0.717) is 18.6 Å². The van der Waals surface area contributed by atoms with E-state index in [0.717, 1.165) is 32.4 Å². The summed E-state index contributed by atoms with van der Waals surface area (Å²) in [5.41, 5.74) is 5.66. The minimum absolute atomic E-state index is 0.214. The molecular weight excluding hydrogens is 226 g/mol. The van der Waals surface area contributed by atoms with E-state index in [2.05, 4.69) is 10.2 Å². The van der Waals surface area contributed by atoms with Crippen molar-refractivity contribution in [2.75, 3.05) is 19.6 Å². The summed E-state index contributed by atoms with van der Waals surface area (Å²) in [6, 6.07) is 0.966. The molecule has 3 N–H and O–H groups in total. The highest BCUT2D eigenvalue weighted by Gasteiger charge is 2.25. The minimum atomic E-state index is 0.214. The van der Waals surface area contributed by atoms with E-state index >= 15 is 0 Å². The van der Waals surface area contributed by atoms with E-state index in [4.69, 9.17) is 5.73 Å². The van der Waals surface area contributed by atoms with Crippen LogP contribution in [0.1, 0.15) is 51.4 Å². The van der Waals surface area contributed by atoms with Gasteiger partial charge in [0, 0.05) is 12.1 Å². The van der Waals surface area contributed by atoms with E-state index in [1.165, 1.54) is 32.1 Å². The first-order chi connectivity index (χ1) is 8.79. The Balaban J connectivity index is 1.76. The minimum Gasteiger partial charge on any atom is -0.352 e. The molecule has 0 spiro atoms. The van der Waals surface area contributed by atoms with Gasteiger partial charge in [-0.2, -0.15) is 0 Å². The fraction of sp³-hybridized carbons (Fsp3) is 0.929. The number of rotatable bonds is 5. The fourth-order valence-electron chi connectivity index (χ4n) is 3.32. The maximum Gasteiger partial charge on any atom is 0.234 e. The number of carbonyl (C=O) groups excluding carboxylic acids is 1. The van der Waals surface area contributed by atoms with E-state index in [1.807, 2.05) is 0 Å². The molecule has 1 amide bonds. The third-order valence-electron chi connectivity index (χ3n) is 4.32. The summed E-state index contributed by atoms with van der Waals surface area (Å²) in [5, 5.41) is 3.18. The lowest BCUT2D eigenvalue weighted by Gasteiger charge is -2.35. The zero-order chi connectivity index (χ0) is 12.8. The monoisotopic (exact) mass is 253 g/mol. The van der Waals surface area contributed by atoms with Gasteiger partial charge in [-0.15, -0.1) is 0 Å². The molecule has 1 unspecified atom stereocenters. The van der Waals surface area contributed by atoms with E-state index in [1.54, 1.807) is 0 Å². The van der Waals surface area contributed by atoms with Crippen LogP contribution in [-0.2, 0) is 4.79 Å². The van der Waals surface area contributed by atoms with E-state index < -0.39 is 0 Å². The van der Waals surface area contributed by atoms with Crippen molar-refractivity contribution in [3.8, 4) is 0 Å². The molecule has 1 saturated heterocycles. The van der Waals surface area contributed by atoms with E-state index in [-0.39, 0.29) is 5.91 Å². The summed E-state index contributed by atoms with van der Waals surface area (Å²) in [6.45, 7) is 2.36. The Kier molecular flexibility index (Phi) is 5.45. The highest BCUT2D eigenvalue weighted by Crippen LogP contribution is 2.20. The van der Waals surface area contributed by atoms with Gasteiger partial charge in [-0.3, -0.25) is 9.69 Å². The summed E-state index contributed by atoms with van der Waals surface area (Å²) < 4.78 is 0. The third kappa shape index (κ3) is 3.95. The second-order valence-electron chi connectivity index (χ2n) is 5.75. The van der Waals surface area contributed by atoms with Crippen molar-refractivity contribution in [2.45, 2.75) is 63.5 Å². The molecule has 1 aliphatic heterocycles. The summed E-state index contributed by atoms with van der Waals surface area (Å²) in [4.78, 5) is 14.4. The van der Waals surface area contributed by atoms with Crippen LogP contribution in [0.25, 0.3) is 0 Å². The lowest BCUT2D eigenvalue weighted by Crippen LogP contribution is -2.47. The summed E-state index contributed by atoms with van der Waals surface area (Å²) in [5.74, 6) is 0.214. The molecule has 2 rings (SSSR count). The van der Waals surface area contributed by atoms with Crippen molar-refractivity contribution in [3.05, 3.63) is 0 Å². The van der Waals surface area contributed by atoms with Gasteiger partial charge in [0.05, 0.1) is 6.54 Å². The molecule has 4 heteroatoms. The van der Waals surface area contributed by atoms with Crippen LogP contribution in [0.15, 0.2) is 0 Å². The van der Waals surface area contributed by atoms with Crippen LogP contribution in [0, 0.1) is 0 Å². The quantitative estimate of drug-likeness (QED) is 0.775. The number of hydrogen-bond acceptors (Lipinski definition) is 3. The first-order valence-electron chi connectivity index (χ1n) is 7.53. The van der Waals surface area contributed by atoms with Gasteiger partial charge in [-0.05, 0) is 45.2 Å². The van der Waals surface area contributed by atoms with Crippen LogP contribution in [-0.4, -0.2) is 42.5 Å². The van der Waals surface area contributed by atoms with Crippen molar-refractivity contribution in [2.24, 2.45) is 5.73 Å². The third-order valence-corrected chi connectivity index (χ3v) is 4.32. The zero-order valence-electron chi connectivity index (χ0n) is 11.4. The predicted molar refractivity (Wildman–Crippen MR) is 73.3 cm³/mol. The number of piperidine rings is 1. The van der Waals surface area contributed by atoms with Crippen LogP contribution >= 0.6 is 0 Å². The number of nitrogens with two attached hydrogens (primary N) is 1. The van der Waals surface area contributed by atoms with Crippen LogP contribution < -0.4 is 11.1 Å². The fourth-order valence-corrected chi connectivity index (χ4v) is 3.32. The van der Waals surface area contributed by atoms with Crippen molar-refractivity contribution in [3.63, 3.8) is 0 Å². The average molecular weight is 253 g/mol. The molecule has 2 fully saturated rings. The first kappa shape index (κ1) is 13.8. The molecule has 18 heavy (non-hydrogen) atoms. The smallest absolute Gasteiger partial charge is 0.234 e.